The minimum absolute atomic E-state index is 0.810. The molecule has 2 nitrogen and oxygen atoms in total. The molecule has 1 aromatic carbocycles. The van der Waals surface area contributed by atoms with E-state index in [1.165, 1.54) is 48.2 Å². The van der Waals surface area contributed by atoms with Gasteiger partial charge in [0.15, 0.2) is 0 Å². The monoisotopic (exact) mass is 246 g/mol. The summed E-state index contributed by atoms with van der Waals surface area (Å²) < 4.78 is 0. The number of benzene rings is 1. The molecule has 1 fully saturated rings. The molecular formula is C16H26N2. The van der Waals surface area contributed by atoms with Gasteiger partial charge in [-0.1, -0.05) is 17.7 Å². The summed E-state index contributed by atoms with van der Waals surface area (Å²) in [5.74, 6) is 0.810. The van der Waals surface area contributed by atoms with Gasteiger partial charge in [0.1, 0.15) is 0 Å². The van der Waals surface area contributed by atoms with Crippen molar-refractivity contribution in [1.82, 2.24) is 10.6 Å². The summed E-state index contributed by atoms with van der Waals surface area (Å²) in [5, 5.41) is 7.11. The molecule has 1 saturated heterocycles. The predicted octanol–water partition coefficient (Wildman–Crippen LogP) is 2.70. The molecule has 100 valence electrons. The highest BCUT2D eigenvalue weighted by molar-refractivity contribution is 5.37. The first-order valence-electron chi connectivity index (χ1n) is 7.15. The van der Waals surface area contributed by atoms with Crippen LogP contribution in [0.15, 0.2) is 12.1 Å². The first-order chi connectivity index (χ1) is 8.66. The van der Waals surface area contributed by atoms with Gasteiger partial charge >= 0.3 is 0 Å². The lowest BCUT2D eigenvalue weighted by Crippen LogP contribution is -2.36. The Morgan fingerprint density at radius 1 is 1.22 bits per heavy atom. The van der Waals surface area contributed by atoms with Gasteiger partial charge in [0, 0.05) is 6.54 Å². The molecule has 1 heterocycles. The molecule has 18 heavy (non-hydrogen) atoms. The molecule has 0 spiro atoms. The second-order valence-corrected chi connectivity index (χ2v) is 5.72. The Kier molecular flexibility index (Phi) is 4.79. The summed E-state index contributed by atoms with van der Waals surface area (Å²) in [6, 6.07) is 4.57. The largest absolute Gasteiger partial charge is 0.316 e. The molecule has 2 rings (SSSR count). The fraction of sp³-hybridized carbons (Fsp3) is 0.625. The smallest absolute Gasteiger partial charge is 0.0210 e. The lowest BCUT2D eigenvalue weighted by Gasteiger charge is -2.23. The molecule has 0 amide bonds. The third-order valence-electron chi connectivity index (χ3n) is 3.97. The van der Waals surface area contributed by atoms with Gasteiger partial charge in [0.2, 0.25) is 0 Å². The molecule has 1 aliphatic rings. The van der Waals surface area contributed by atoms with Crippen LogP contribution in [0.5, 0.6) is 0 Å². The molecule has 2 heteroatoms. The first kappa shape index (κ1) is 13.6. The minimum atomic E-state index is 0.810. The van der Waals surface area contributed by atoms with Crippen LogP contribution in [0.3, 0.4) is 0 Å². The van der Waals surface area contributed by atoms with E-state index in [9.17, 15) is 0 Å². The molecule has 1 atom stereocenters. The van der Waals surface area contributed by atoms with Crippen molar-refractivity contribution in [2.45, 2.75) is 40.2 Å². The number of aryl methyl sites for hydroxylation is 3. The van der Waals surface area contributed by atoms with Crippen LogP contribution in [0, 0.1) is 26.7 Å². The Balaban J connectivity index is 1.86. The van der Waals surface area contributed by atoms with E-state index in [1.54, 1.807) is 0 Å². The Morgan fingerprint density at radius 3 is 2.56 bits per heavy atom. The summed E-state index contributed by atoms with van der Waals surface area (Å²) in [5.41, 5.74) is 5.68. The molecular weight excluding hydrogens is 220 g/mol. The molecule has 0 saturated carbocycles. The van der Waals surface area contributed by atoms with Gasteiger partial charge in [-0.05, 0) is 75.9 Å². The van der Waals surface area contributed by atoms with Gasteiger partial charge < -0.3 is 10.6 Å². The average molecular weight is 246 g/mol. The van der Waals surface area contributed by atoms with E-state index >= 15 is 0 Å². The van der Waals surface area contributed by atoms with Crippen molar-refractivity contribution in [3.05, 3.63) is 34.4 Å². The van der Waals surface area contributed by atoms with Gasteiger partial charge in [-0.2, -0.15) is 0 Å². The van der Waals surface area contributed by atoms with Crippen molar-refractivity contribution < 1.29 is 0 Å². The van der Waals surface area contributed by atoms with Crippen LogP contribution in [0.1, 0.15) is 35.1 Å². The highest BCUT2D eigenvalue weighted by Crippen LogP contribution is 2.16. The zero-order valence-corrected chi connectivity index (χ0v) is 12.0. The zero-order valence-electron chi connectivity index (χ0n) is 12.0. The second kappa shape index (κ2) is 6.35. The van der Waals surface area contributed by atoms with E-state index in [0.29, 0.717) is 0 Å². The standard InChI is InChI=1S/C16H26N2/c1-12-7-13(2)16(14(3)8-12)11-18-10-15-5-4-6-17-9-15/h7-8,15,17-18H,4-6,9-11H2,1-3H3. The highest BCUT2D eigenvalue weighted by Gasteiger charge is 2.12. The topological polar surface area (TPSA) is 24.1 Å². The van der Waals surface area contributed by atoms with Crippen molar-refractivity contribution in [2.75, 3.05) is 19.6 Å². The molecule has 1 aliphatic heterocycles. The molecule has 2 N–H and O–H groups in total. The second-order valence-electron chi connectivity index (χ2n) is 5.72. The maximum atomic E-state index is 3.63. The van der Waals surface area contributed by atoms with E-state index in [-0.39, 0.29) is 0 Å². The Labute approximate surface area is 111 Å². The van der Waals surface area contributed by atoms with Crippen molar-refractivity contribution >= 4 is 0 Å². The van der Waals surface area contributed by atoms with Crippen LogP contribution >= 0.6 is 0 Å². The van der Waals surface area contributed by atoms with Crippen LogP contribution in [-0.2, 0) is 6.54 Å². The normalized spacial score (nSPS) is 20.1. The van der Waals surface area contributed by atoms with Crippen LogP contribution in [-0.4, -0.2) is 19.6 Å². The first-order valence-corrected chi connectivity index (χ1v) is 7.15. The van der Waals surface area contributed by atoms with E-state index in [4.69, 9.17) is 0 Å². The summed E-state index contributed by atoms with van der Waals surface area (Å²) in [6.45, 7) is 11.1. The maximum Gasteiger partial charge on any atom is 0.0210 e. The van der Waals surface area contributed by atoms with Gasteiger partial charge in [-0.3, -0.25) is 0 Å². The van der Waals surface area contributed by atoms with Gasteiger partial charge in [-0.15, -0.1) is 0 Å². The number of nitrogens with one attached hydrogen (secondary N) is 2. The van der Waals surface area contributed by atoms with Crippen molar-refractivity contribution in [3.8, 4) is 0 Å². The lowest BCUT2D eigenvalue weighted by molar-refractivity contribution is 0.360. The Morgan fingerprint density at radius 2 is 1.94 bits per heavy atom. The number of rotatable bonds is 4. The third kappa shape index (κ3) is 3.56. The van der Waals surface area contributed by atoms with E-state index in [1.807, 2.05) is 0 Å². The fourth-order valence-electron chi connectivity index (χ4n) is 2.99. The molecule has 0 aromatic heterocycles. The molecule has 1 unspecified atom stereocenters. The van der Waals surface area contributed by atoms with Crippen LogP contribution in [0.2, 0.25) is 0 Å². The van der Waals surface area contributed by atoms with Crippen LogP contribution < -0.4 is 10.6 Å². The molecule has 0 bridgehead atoms. The van der Waals surface area contributed by atoms with E-state index in [2.05, 4.69) is 43.5 Å². The Bertz CT molecular complexity index is 369. The third-order valence-corrected chi connectivity index (χ3v) is 3.97. The summed E-state index contributed by atoms with van der Waals surface area (Å²) >= 11 is 0. The van der Waals surface area contributed by atoms with Gasteiger partial charge in [-0.25, -0.2) is 0 Å². The number of piperidine rings is 1. The number of hydrogen-bond donors (Lipinski definition) is 2. The van der Waals surface area contributed by atoms with Crippen molar-refractivity contribution in [2.24, 2.45) is 5.92 Å². The predicted molar refractivity (Wildman–Crippen MR) is 78.0 cm³/mol. The van der Waals surface area contributed by atoms with Crippen LogP contribution in [0.4, 0.5) is 0 Å². The minimum Gasteiger partial charge on any atom is -0.316 e. The zero-order chi connectivity index (χ0) is 13.0. The summed E-state index contributed by atoms with van der Waals surface area (Å²) in [6.07, 6.45) is 2.70. The molecule has 1 aromatic rings. The quantitative estimate of drug-likeness (QED) is 0.853. The SMILES string of the molecule is Cc1cc(C)c(CNCC2CCCNC2)c(C)c1. The fourth-order valence-corrected chi connectivity index (χ4v) is 2.99. The molecule has 0 aliphatic carbocycles. The lowest BCUT2D eigenvalue weighted by atomic mass is 9.98. The van der Waals surface area contributed by atoms with E-state index in [0.717, 1.165) is 19.0 Å². The van der Waals surface area contributed by atoms with Gasteiger partial charge in [0.05, 0.1) is 0 Å². The Hall–Kier alpha value is -0.860. The molecule has 0 radical (unpaired) electrons. The number of hydrogen-bond acceptors (Lipinski definition) is 2. The maximum absolute atomic E-state index is 3.63. The summed E-state index contributed by atoms with van der Waals surface area (Å²) in [7, 11) is 0. The van der Waals surface area contributed by atoms with E-state index < -0.39 is 0 Å². The van der Waals surface area contributed by atoms with Crippen molar-refractivity contribution in [1.29, 1.82) is 0 Å². The van der Waals surface area contributed by atoms with Gasteiger partial charge in [0.25, 0.3) is 0 Å². The van der Waals surface area contributed by atoms with Crippen molar-refractivity contribution in [3.63, 3.8) is 0 Å². The highest BCUT2D eigenvalue weighted by atomic mass is 14.9. The van der Waals surface area contributed by atoms with Crippen LogP contribution in [0.25, 0.3) is 0 Å². The summed E-state index contributed by atoms with van der Waals surface area (Å²) in [4.78, 5) is 0. The average Bonchev–Trinajstić information content (AvgIpc) is 2.34.